The van der Waals surface area contributed by atoms with Crippen LogP contribution in [-0.2, 0) is 11.3 Å². The van der Waals surface area contributed by atoms with E-state index in [4.69, 9.17) is 11.6 Å². The molecule has 0 aromatic heterocycles. The third kappa shape index (κ3) is 6.84. The monoisotopic (exact) mass is 477 g/mol. The van der Waals surface area contributed by atoms with Crippen LogP contribution in [0.5, 0.6) is 0 Å². The molecule has 3 rings (SSSR count). The maximum Gasteiger partial charge on any atom is 0.251 e. The van der Waals surface area contributed by atoms with Gasteiger partial charge in [0.05, 0.1) is 0 Å². The summed E-state index contributed by atoms with van der Waals surface area (Å²) < 4.78 is 0.862. The van der Waals surface area contributed by atoms with Crippen LogP contribution in [0, 0.1) is 5.92 Å². The van der Waals surface area contributed by atoms with Gasteiger partial charge in [0, 0.05) is 40.6 Å². The molecule has 2 aromatic carbocycles. The summed E-state index contributed by atoms with van der Waals surface area (Å²) in [6.07, 6.45) is 1.70. The molecule has 1 saturated heterocycles. The number of rotatable bonds is 7. The van der Waals surface area contributed by atoms with Gasteiger partial charge in [-0.3, -0.25) is 14.5 Å². The number of nitrogens with zero attached hydrogens (tertiary/aromatic N) is 1. The van der Waals surface area contributed by atoms with Gasteiger partial charge < -0.3 is 10.6 Å². The van der Waals surface area contributed by atoms with Crippen LogP contribution in [0.25, 0.3) is 0 Å². The van der Waals surface area contributed by atoms with Crippen molar-refractivity contribution in [3.63, 3.8) is 0 Å². The standard InChI is InChI=1S/C22H25BrClN3O2/c23-19-3-1-2-18(14-19)22(29)26-11-10-25-21(28)17-8-12-27(13-9-17)15-16-4-6-20(24)7-5-16/h1-7,14,17H,8-13,15H2,(H,25,28)(H,26,29). The first-order valence-corrected chi connectivity index (χ1v) is 11.0. The van der Waals surface area contributed by atoms with Crippen molar-refractivity contribution in [2.75, 3.05) is 26.2 Å². The molecule has 154 valence electrons. The number of halogens is 2. The Hall–Kier alpha value is -1.89. The summed E-state index contributed by atoms with van der Waals surface area (Å²) >= 11 is 9.29. The summed E-state index contributed by atoms with van der Waals surface area (Å²) in [6.45, 7) is 3.53. The van der Waals surface area contributed by atoms with Crippen molar-refractivity contribution < 1.29 is 9.59 Å². The number of carbonyl (C=O) groups is 2. The van der Waals surface area contributed by atoms with Crippen molar-refractivity contribution in [3.05, 3.63) is 69.2 Å². The van der Waals surface area contributed by atoms with Crippen molar-refractivity contribution in [3.8, 4) is 0 Å². The number of hydrogen-bond acceptors (Lipinski definition) is 3. The molecule has 5 nitrogen and oxygen atoms in total. The van der Waals surface area contributed by atoms with Gasteiger partial charge in [-0.15, -0.1) is 0 Å². The van der Waals surface area contributed by atoms with Crippen LogP contribution in [0.1, 0.15) is 28.8 Å². The molecule has 0 radical (unpaired) electrons. The zero-order valence-corrected chi connectivity index (χ0v) is 18.5. The van der Waals surface area contributed by atoms with Gasteiger partial charge in [-0.05, 0) is 61.8 Å². The van der Waals surface area contributed by atoms with Crippen molar-refractivity contribution in [1.82, 2.24) is 15.5 Å². The molecule has 2 N–H and O–H groups in total. The third-order valence-electron chi connectivity index (χ3n) is 5.07. The van der Waals surface area contributed by atoms with E-state index in [9.17, 15) is 9.59 Å². The first-order valence-electron chi connectivity index (χ1n) is 9.79. The first-order chi connectivity index (χ1) is 14.0. The molecule has 0 unspecified atom stereocenters. The van der Waals surface area contributed by atoms with Crippen LogP contribution in [0.2, 0.25) is 5.02 Å². The lowest BCUT2D eigenvalue weighted by Gasteiger charge is -2.31. The van der Waals surface area contributed by atoms with Crippen LogP contribution in [-0.4, -0.2) is 42.9 Å². The second kappa shape index (κ2) is 10.8. The lowest BCUT2D eigenvalue weighted by Crippen LogP contribution is -2.42. The first kappa shape index (κ1) is 21.8. The molecule has 7 heteroatoms. The minimum absolute atomic E-state index is 0.0391. The minimum Gasteiger partial charge on any atom is -0.354 e. The fourth-order valence-corrected chi connectivity index (χ4v) is 3.96. The number of piperidine rings is 1. The van der Waals surface area contributed by atoms with E-state index >= 15 is 0 Å². The van der Waals surface area contributed by atoms with E-state index in [2.05, 4.69) is 31.5 Å². The van der Waals surface area contributed by atoms with Crippen molar-refractivity contribution >= 4 is 39.3 Å². The van der Waals surface area contributed by atoms with Gasteiger partial charge in [0.25, 0.3) is 5.91 Å². The minimum atomic E-state index is -0.143. The molecule has 29 heavy (non-hydrogen) atoms. The van der Waals surface area contributed by atoms with Gasteiger partial charge in [0.2, 0.25) is 5.91 Å². The molecule has 1 aliphatic rings. The predicted octanol–water partition coefficient (Wildman–Crippen LogP) is 3.86. The summed E-state index contributed by atoms with van der Waals surface area (Å²) in [7, 11) is 0. The van der Waals surface area contributed by atoms with E-state index in [1.165, 1.54) is 5.56 Å². The van der Waals surface area contributed by atoms with Gasteiger partial charge in [-0.2, -0.15) is 0 Å². The Bertz CT molecular complexity index is 836. The van der Waals surface area contributed by atoms with Gasteiger partial charge >= 0.3 is 0 Å². The Morgan fingerprint density at radius 2 is 1.72 bits per heavy atom. The molecule has 1 heterocycles. The van der Waals surface area contributed by atoms with Crippen LogP contribution in [0.15, 0.2) is 53.0 Å². The molecule has 0 spiro atoms. The maximum atomic E-state index is 12.4. The van der Waals surface area contributed by atoms with Gasteiger partial charge in [0.15, 0.2) is 0 Å². The summed E-state index contributed by atoms with van der Waals surface area (Å²) in [6, 6.07) is 15.1. The zero-order valence-electron chi connectivity index (χ0n) is 16.2. The van der Waals surface area contributed by atoms with E-state index in [0.717, 1.165) is 42.0 Å². The smallest absolute Gasteiger partial charge is 0.251 e. The lowest BCUT2D eigenvalue weighted by atomic mass is 9.95. The number of amides is 2. The summed E-state index contributed by atoms with van der Waals surface area (Å²) in [5.41, 5.74) is 1.83. The predicted molar refractivity (Wildman–Crippen MR) is 119 cm³/mol. The molecular formula is C22H25BrClN3O2. The van der Waals surface area contributed by atoms with Gasteiger partial charge in [0.1, 0.15) is 0 Å². The van der Waals surface area contributed by atoms with E-state index in [1.54, 1.807) is 12.1 Å². The Morgan fingerprint density at radius 1 is 1.03 bits per heavy atom. The average molecular weight is 479 g/mol. The highest BCUT2D eigenvalue weighted by atomic mass is 79.9. The Kier molecular flexibility index (Phi) is 8.09. The summed E-state index contributed by atoms with van der Waals surface area (Å²) in [5.74, 6) is -0.0267. The second-order valence-electron chi connectivity index (χ2n) is 7.23. The number of carbonyl (C=O) groups excluding carboxylic acids is 2. The molecule has 0 aliphatic carbocycles. The van der Waals surface area contributed by atoms with Crippen LogP contribution in [0.4, 0.5) is 0 Å². The third-order valence-corrected chi connectivity index (χ3v) is 5.82. The highest BCUT2D eigenvalue weighted by molar-refractivity contribution is 9.10. The SMILES string of the molecule is O=C(NCCNC(=O)C1CCN(Cc2ccc(Cl)cc2)CC1)c1cccc(Br)c1. The fourth-order valence-electron chi connectivity index (χ4n) is 3.44. The number of hydrogen-bond donors (Lipinski definition) is 2. The molecule has 1 fully saturated rings. The van der Waals surface area contributed by atoms with Crippen LogP contribution in [0.3, 0.4) is 0 Å². The van der Waals surface area contributed by atoms with E-state index < -0.39 is 0 Å². The van der Waals surface area contributed by atoms with Crippen molar-refractivity contribution in [2.24, 2.45) is 5.92 Å². The highest BCUT2D eigenvalue weighted by Crippen LogP contribution is 2.20. The Morgan fingerprint density at radius 3 is 2.41 bits per heavy atom. The van der Waals surface area contributed by atoms with Gasteiger partial charge in [-0.1, -0.05) is 45.7 Å². The molecule has 0 atom stereocenters. The van der Waals surface area contributed by atoms with E-state index in [-0.39, 0.29) is 17.7 Å². The molecule has 2 amide bonds. The summed E-state index contributed by atoms with van der Waals surface area (Å²) in [4.78, 5) is 26.9. The fraction of sp³-hybridized carbons (Fsp3) is 0.364. The molecule has 0 bridgehead atoms. The Labute approximate surface area is 184 Å². The number of benzene rings is 2. The van der Waals surface area contributed by atoms with Gasteiger partial charge in [-0.25, -0.2) is 0 Å². The molecule has 1 aliphatic heterocycles. The number of likely N-dealkylation sites (tertiary alicyclic amines) is 1. The van der Waals surface area contributed by atoms with Crippen molar-refractivity contribution in [2.45, 2.75) is 19.4 Å². The quantitative estimate of drug-likeness (QED) is 0.594. The summed E-state index contributed by atoms with van der Waals surface area (Å²) in [5, 5.41) is 6.52. The van der Waals surface area contributed by atoms with E-state index in [0.29, 0.717) is 18.7 Å². The maximum absolute atomic E-state index is 12.4. The van der Waals surface area contributed by atoms with Crippen LogP contribution >= 0.6 is 27.5 Å². The highest BCUT2D eigenvalue weighted by Gasteiger charge is 2.24. The molecule has 0 saturated carbocycles. The molecule has 2 aromatic rings. The molecular weight excluding hydrogens is 454 g/mol. The van der Waals surface area contributed by atoms with E-state index in [1.807, 2.05) is 36.4 Å². The lowest BCUT2D eigenvalue weighted by molar-refractivity contribution is -0.126. The van der Waals surface area contributed by atoms with Crippen molar-refractivity contribution in [1.29, 1.82) is 0 Å². The Balaban J connectivity index is 1.33. The van der Waals surface area contributed by atoms with Crippen LogP contribution < -0.4 is 10.6 Å². The number of nitrogens with one attached hydrogen (secondary N) is 2. The second-order valence-corrected chi connectivity index (χ2v) is 8.59. The topological polar surface area (TPSA) is 61.4 Å². The normalized spacial score (nSPS) is 15.1. The zero-order chi connectivity index (χ0) is 20.6. The average Bonchev–Trinajstić information content (AvgIpc) is 2.73. The largest absolute Gasteiger partial charge is 0.354 e.